The van der Waals surface area contributed by atoms with Gasteiger partial charge in [-0.3, -0.25) is 9.59 Å². The zero-order valence-corrected chi connectivity index (χ0v) is 16.1. The first kappa shape index (κ1) is 19.8. The van der Waals surface area contributed by atoms with Gasteiger partial charge in [0.15, 0.2) is 0 Å². The normalized spacial score (nSPS) is 21.6. The van der Waals surface area contributed by atoms with Crippen LogP contribution in [0.15, 0.2) is 24.3 Å². The van der Waals surface area contributed by atoms with Crippen LogP contribution < -0.4 is 16.0 Å². The standard InChI is InChI=1S/C21H31N3O3/c1-15(17-7-9-22-10-8-17)12-20(25)23-14-16-4-2-5-18(13-16)24-21(26)19-6-3-11-27-19/h2,4-5,13,15,17,19,22H,3,6-12,14H2,1H3,(H,23,25)(H,24,26). The lowest BCUT2D eigenvalue weighted by atomic mass is 9.84. The van der Waals surface area contributed by atoms with Crippen molar-refractivity contribution in [2.75, 3.05) is 25.0 Å². The second-order valence-corrected chi connectivity index (χ2v) is 7.74. The molecule has 2 aliphatic rings. The summed E-state index contributed by atoms with van der Waals surface area (Å²) < 4.78 is 5.41. The van der Waals surface area contributed by atoms with Gasteiger partial charge in [0.05, 0.1) is 0 Å². The summed E-state index contributed by atoms with van der Waals surface area (Å²) in [4.78, 5) is 24.4. The Hall–Kier alpha value is -1.92. The first-order valence-electron chi connectivity index (χ1n) is 10.1. The molecule has 2 aliphatic heterocycles. The minimum atomic E-state index is -0.343. The van der Waals surface area contributed by atoms with E-state index < -0.39 is 0 Å². The van der Waals surface area contributed by atoms with Gasteiger partial charge >= 0.3 is 0 Å². The lowest BCUT2D eigenvalue weighted by Gasteiger charge is -2.27. The highest BCUT2D eigenvalue weighted by Gasteiger charge is 2.24. The molecule has 3 N–H and O–H groups in total. The molecule has 2 fully saturated rings. The number of hydrogen-bond acceptors (Lipinski definition) is 4. The zero-order chi connectivity index (χ0) is 19.1. The molecule has 2 amide bonds. The molecule has 6 nitrogen and oxygen atoms in total. The van der Waals surface area contributed by atoms with E-state index in [-0.39, 0.29) is 17.9 Å². The molecule has 2 atom stereocenters. The summed E-state index contributed by atoms with van der Waals surface area (Å²) >= 11 is 0. The third kappa shape index (κ3) is 6.04. The van der Waals surface area contributed by atoms with Gasteiger partial charge in [0, 0.05) is 25.3 Å². The molecule has 148 valence electrons. The van der Waals surface area contributed by atoms with Crippen LogP contribution in [-0.2, 0) is 20.9 Å². The number of ether oxygens (including phenoxy) is 1. The van der Waals surface area contributed by atoms with E-state index in [1.807, 2.05) is 24.3 Å². The van der Waals surface area contributed by atoms with Crippen LogP contribution in [0.1, 0.15) is 44.6 Å². The minimum Gasteiger partial charge on any atom is -0.368 e. The highest BCUT2D eigenvalue weighted by atomic mass is 16.5. The van der Waals surface area contributed by atoms with Crippen LogP contribution in [0.3, 0.4) is 0 Å². The molecule has 2 saturated heterocycles. The van der Waals surface area contributed by atoms with Crippen LogP contribution in [0, 0.1) is 11.8 Å². The zero-order valence-electron chi connectivity index (χ0n) is 16.1. The van der Waals surface area contributed by atoms with Crippen LogP contribution in [0.25, 0.3) is 0 Å². The Morgan fingerprint density at radius 2 is 2.07 bits per heavy atom. The van der Waals surface area contributed by atoms with Gasteiger partial charge in [-0.25, -0.2) is 0 Å². The fourth-order valence-electron chi connectivity index (χ4n) is 3.91. The van der Waals surface area contributed by atoms with Gasteiger partial charge in [0.1, 0.15) is 6.10 Å². The van der Waals surface area contributed by atoms with Crippen molar-refractivity contribution >= 4 is 17.5 Å². The summed E-state index contributed by atoms with van der Waals surface area (Å²) in [7, 11) is 0. The predicted octanol–water partition coefficient (Wildman–Crippen LogP) is 2.45. The molecule has 1 aromatic carbocycles. The molecule has 6 heteroatoms. The lowest BCUT2D eigenvalue weighted by Crippen LogP contribution is -2.33. The molecule has 0 aliphatic carbocycles. The molecule has 2 unspecified atom stereocenters. The van der Waals surface area contributed by atoms with Crippen molar-refractivity contribution in [2.24, 2.45) is 11.8 Å². The second-order valence-electron chi connectivity index (χ2n) is 7.74. The summed E-state index contributed by atoms with van der Waals surface area (Å²) in [5.41, 5.74) is 1.72. The molecule has 2 heterocycles. The van der Waals surface area contributed by atoms with Crippen LogP contribution in [0.5, 0.6) is 0 Å². The second kappa shape index (κ2) is 9.85. The Balaban J connectivity index is 1.44. The topological polar surface area (TPSA) is 79.5 Å². The maximum atomic E-state index is 12.3. The average Bonchev–Trinajstić information content (AvgIpc) is 3.22. The van der Waals surface area contributed by atoms with Gasteiger partial charge in [0.2, 0.25) is 5.91 Å². The van der Waals surface area contributed by atoms with E-state index in [0.717, 1.165) is 50.0 Å². The van der Waals surface area contributed by atoms with E-state index in [2.05, 4.69) is 22.9 Å². The SMILES string of the molecule is CC(CC(=O)NCc1cccc(NC(=O)C2CCCO2)c1)C1CCNCC1. The highest BCUT2D eigenvalue weighted by molar-refractivity contribution is 5.94. The smallest absolute Gasteiger partial charge is 0.253 e. The maximum absolute atomic E-state index is 12.3. The van der Waals surface area contributed by atoms with Crippen LogP contribution >= 0.6 is 0 Å². The van der Waals surface area contributed by atoms with Crippen molar-refractivity contribution < 1.29 is 14.3 Å². The number of nitrogens with one attached hydrogen (secondary N) is 3. The predicted molar refractivity (Wildman–Crippen MR) is 105 cm³/mol. The van der Waals surface area contributed by atoms with Crippen molar-refractivity contribution in [1.29, 1.82) is 0 Å². The first-order valence-corrected chi connectivity index (χ1v) is 10.1. The van der Waals surface area contributed by atoms with Gasteiger partial charge in [-0.2, -0.15) is 0 Å². The third-order valence-electron chi connectivity index (χ3n) is 5.60. The van der Waals surface area contributed by atoms with E-state index in [4.69, 9.17) is 4.74 Å². The summed E-state index contributed by atoms with van der Waals surface area (Å²) in [6.07, 6.45) is 4.24. The third-order valence-corrected chi connectivity index (χ3v) is 5.60. The quantitative estimate of drug-likeness (QED) is 0.686. The van der Waals surface area contributed by atoms with Crippen LogP contribution in [-0.4, -0.2) is 37.6 Å². The van der Waals surface area contributed by atoms with Crippen LogP contribution in [0.4, 0.5) is 5.69 Å². The van der Waals surface area contributed by atoms with Crippen molar-refractivity contribution in [1.82, 2.24) is 10.6 Å². The van der Waals surface area contributed by atoms with Gasteiger partial charge in [-0.15, -0.1) is 0 Å². The number of amides is 2. The average molecular weight is 373 g/mol. The van der Waals surface area contributed by atoms with Gasteiger partial charge in [0.25, 0.3) is 5.91 Å². The van der Waals surface area contributed by atoms with Crippen molar-refractivity contribution in [3.63, 3.8) is 0 Å². The Bertz CT molecular complexity index is 637. The molecular weight excluding hydrogens is 342 g/mol. The van der Waals surface area contributed by atoms with E-state index in [0.29, 0.717) is 31.4 Å². The minimum absolute atomic E-state index is 0.0924. The lowest BCUT2D eigenvalue weighted by molar-refractivity contribution is -0.124. The highest BCUT2D eigenvalue weighted by Crippen LogP contribution is 2.24. The van der Waals surface area contributed by atoms with Crippen molar-refractivity contribution in [3.05, 3.63) is 29.8 Å². The molecule has 3 rings (SSSR count). The van der Waals surface area contributed by atoms with Gasteiger partial charge in [-0.05, 0) is 68.3 Å². The number of carbonyl (C=O) groups excluding carboxylic acids is 2. The van der Waals surface area contributed by atoms with Crippen molar-refractivity contribution in [3.8, 4) is 0 Å². The van der Waals surface area contributed by atoms with Crippen LogP contribution in [0.2, 0.25) is 0 Å². The fourth-order valence-corrected chi connectivity index (χ4v) is 3.91. The fraction of sp³-hybridized carbons (Fsp3) is 0.619. The molecule has 0 bridgehead atoms. The molecule has 0 aromatic heterocycles. The molecule has 27 heavy (non-hydrogen) atoms. The summed E-state index contributed by atoms with van der Waals surface area (Å²) in [5.74, 6) is 1.04. The maximum Gasteiger partial charge on any atom is 0.253 e. The number of rotatable bonds is 7. The van der Waals surface area contributed by atoms with E-state index >= 15 is 0 Å². The van der Waals surface area contributed by atoms with E-state index in [1.54, 1.807) is 0 Å². The molecular formula is C21H31N3O3. The number of carbonyl (C=O) groups is 2. The van der Waals surface area contributed by atoms with E-state index in [9.17, 15) is 9.59 Å². The van der Waals surface area contributed by atoms with Crippen molar-refractivity contribution in [2.45, 2.75) is 51.7 Å². The number of benzene rings is 1. The molecule has 1 aromatic rings. The Morgan fingerprint density at radius 3 is 2.81 bits per heavy atom. The summed E-state index contributed by atoms with van der Waals surface area (Å²) in [6.45, 7) is 5.42. The van der Waals surface area contributed by atoms with Gasteiger partial charge < -0.3 is 20.7 Å². The largest absolute Gasteiger partial charge is 0.368 e. The Kier molecular flexibility index (Phi) is 7.24. The molecule has 0 saturated carbocycles. The number of anilines is 1. The Labute approximate surface area is 161 Å². The first-order chi connectivity index (χ1) is 13.1. The molecule has 0 radical (unpaired) electrons. The van der Waals surface area contributed by atoms with E-state index in [1.165, 1.54) is 0 Å². The van der Waals surface area contributed by atoms with Gasteiger partial charge in [-0.1, -0.05) is 19.1 Å². The number of piperidine rings is 1. The monoisotopic (exact) mass is 373 g/mol. The number of hydrogen-bond donors (Lipinski definition) is 3. The Morgan fingerprint density at radius 1 is 1.26 bits per heavy atom. The summed E-state index contributed by atoms with van der Waals surface area (Å²) in [6, 6.07) is 7.61. The molecule has 0 spiro atoms. The summed E-state index contributed by atoms with van der Waals surface area (Å²) in [5, 5.41) is 9.28.